The van der Waals surface area contributed by atoms with E-state index in [2.05, 4.69) is 16.3 Å². The molecule has 3 nitrogen and oxygen atoms in total. The molecule has 1 aromatic carbocycles. The molecule has 0 saturated carbocycles. The zero-order valence-corrected chi connectivity index (χ0v) is 11.1. The summed E-state index contributed by atoms with van der Waals surface area (Å²) in [6.45, 7) is 6.63. The normalized spacial score (nSPS) is 15.6. The Morgan fingerprint density at radius 1 is 1.33 bits per heavy atom. The molecule has 2 rings (SSSR count). The number of anilines is 1. The van der Waals surface area contributed by atoms with Gasteiger partial charge in [-0.3, -0.25) is 0 Å². The summed E-state index contributed by atoms with van der Waals surface area (Å²) < 4.78 is 0. The number of nitrogens with one attached hydrogen (secondary N) is 1. The van der Waals surface area contributed by atoms with E-state index >= 15 is 0 Å². The van der Waals surface area contributed by atoms with Gasteiger partial charge in [-0.25, -0.2) is 0 Å². The molecule has 1 fully saturated rings. The van der Waals surface area contributed by atoms with Crippen LogP contribution in [0.5, 0.6) is 0 Å². The summed E-state index contributed by atoms with van der Waals surface area (Å²) in [6, 6.07) is 8.23. The van der Waals surface area contributed by atoms with Crippen LogP contribution in [0.1, 0.15) is 30.4 Å². The monoisotopic (exact) mass is 243 g/mol. The highest BCUT2D eigenvalue weighted by Crippen LogP contribution is 2.16. The first-order valence-electron chi connectivity index (χ1n) is 6.76. The Kier molecular flexibility index (Phi) is 4.60. The van der Waals surface area contributed by atoms with E-state index in [4.69, 9.17) is 5.26 Å². The van der Waals surface area contributed by atoms with Gasteiger partial charge in [-0.2, -0.15) is 5.26 Å². The predicted molar refractivity (Wildman–Crippen MR) is 74.7 cm³/mol. The van der Waals surface area contributed by atoms with Crippen molar-refractivity contribution in [1.29, 1.82) is 5.26 Å². The van der Waals surface area contributed by atoms with Crippen molar-refractivity contribution in [3.05, 3.63) is 29.3 Å². The first-order chi connectivity index (χ1) is 8.79. The molecular weight excluding hydrogens is 222 g/mol. The van der Waals surface area contributed by atoms with Gasteiger partial charge in [0.15, 0.2) is 0 Å². The van der Waals surface area contributed by atoms with Crippen LogP contribution in [0.15, 0.2) is 18.2 Å². The Morgan fingerprint density at radius 3 is 2.83 bits per heavy atom. The number of benzene rings is 1. The van der Waals surface area contributed by atoms with Crippen LogP contribution in [-0.2, 0) is 0 Å². The molecule has 0 bridgehead atoms. The molecule has 1 saturated heterocycles. The number of nitriles is 1. The number of nitrogens with zero attached hydrogens (tertiary/aromatic N) is 2. The van der Waals surface area contributed by atoms with Crippen molar-refractivity contribution >= 4 is 5.69 Å². The van der Waals surface area contributed by atoms with E-state index in [1.54, 1.807) is 0 Å². The van der Waals surface area contributed by atoms with E-state index in [0.717, 1.165) is 29.8 Å². The molecule has 3 heteroatoms. The number of hydrogen-bond acceptors (Lipinski definition) is 3. The molecular formula is C15H21N3. The fourth-order valence-electron chi connectivity index (χ4n) is 2.44. The molecule has 18 heavy (non-hydrogen) atoms. The van der Waals surface area contributed by atoms with Gasteiger partial charge in [-0.05, 0) is 63.5 Å². The number of likely N-dealkylation sites (tertiary alicyclic amines) is 1. The van der Waals surface area contributed by atoms with Gasteiger partial charge in [0.25, 0.3) is 0 Å². The topological polar surface area (TPSA) is 39.1 Å². The molecule has 0 unspecified atom stereocenters. The minimum atomic E-state index is 0.746. The first-order valence-corrected chi connectivity index (χ1v) is 6.76. The van der Waals surface area contributed by atoms with Crippen molar-refractivity contribution in [3.8, 4) is 6.07 Å². The van der Waals surface area contributed by atoms with Crippen LogP contribution in [0.25, 0.3) is 0 Å². The standard InChI is InChI=1S/C15H21N3/c1-13-5-6-15(14(11-13)12-16)17-7-4-10-18-8-2-3-9-18/h5-6,11,17H,2-4,7-10H2,1H3. The SMILES string of the molecule is Cc1ccc(NCCCN2CCCC2)c(C#N)c1. The fraction of sp³-hybridized carbons (Fsp3) is 0.533. The second-order valence-electron chi connectivity index (χ2n) is 4.99. The van der Waals surface area contributed by atoms with Crippen molar-refractivity contribution in [1.82, 2.24) is 4.90 Å². The molecule has 0 aromatic heterocycles. The minimum absolute atomic E-state index is 0.746. The Hall–Kier alpha value is -1.53. The molecule has 1 aliphatic rings. The van der Waals surface area contributed by atoms with Crippen molar-refractivity contribution in [2.45, 2.75) is 26.2 Å². The molecule has 1 aromatic rings. The van der Waals surface area contributed by atoms with E-state index < -0.39 is 0 Å². The zero-order valence-electron chi connectivity index (χ0n) is 11.1. The Labute approximate surface area is 109 Å². The van der Waals surface area contributed by atoms with Gasteiger partial charge in [0.05, 0.1) is 11.3 Å². The van der Waals surface area contributed by atoms with Gasteiger partial charge >= 0.3 is 0 Å². The van der Waals surface area contributed by atoms with Crippen LogP contribution in [0.3, 0.4) is 0 Å². The van der Waals surface area contributed by atoms with Crippen molar-refractivity contribution in [3.63, 3.8) is 0 Å². The summed E-state index contributed by atoms with van der Waals surface area (Å²) in [5.74, 6) is 0. The Balaban J connectivity index is 1.77. The van der Waals surface area contributed by atoms with E-state index in [1.807, 2.05) is 25.1 Å². The van der Waals surface area contributed by atoms with Crippen LogP contribution in [0, 0.1) is 18.3 Å². The van der Waals surface area contributed by atoms with Crippen LogP contribution in [-0.4, -0.2) is 31.1 Å². The largest absolute Gasteiger partial charge is 0.384 e. The lowest BCUT2D eigenvalue weighted by Crippen LogP contribution is -2.22. The third kappa shape index (κ3) is 3.48. The fourth-order valence-corrected chi connectivity index (χ4v) is 2.44. The zero-order chi connectivity index (χ0) is 12.8. The summed E-state index contributed by atoms with van der Waals surface area (Å²) in [5.41, 5.74) is 2.84. The van der Waals surface area contributed by atoms with Gasteiger partial charge in [-0.15, -0.1) is 0 Å². The maximum absolute atomic E-state index is 9.07. The number of aryl methyl sites for hydroxylation is 1. The van der Waals surface area contributed by atoms with Crippen molar-refractivity contribution < 1.29 is 0 Å². The highest BCUT2D eigenvalue weighted by Gasteiger charge is 2.10. The molecule has 0 spiro atoms. The summed E-state index contributed by atoms with van der Waals surface area (Å²) >= 11 is 0. The summed E-state index contributed by atoms with van der Waals surface area (Å²) in [7, 11) is 0. The molecule has 96 valence electrons. The Bertz CT molecular complexity index is 428. The van der Waals surface area contributed by atoms with E-state index in [0.29, 0.717) is 0 Å². The second-order valence-corrected chi connectivity index (χ2v) is 4.99. The number of hydrogen-bond donors (Lipinski definition) is 1. The van der Waals surface area contributed by atoms with Gasteiger partial charge in [0, 0.05) is 6.54 Å². The average molecular weight is 243 g/mol. The van der Waals surface area contributed by atoms with Crippen LogP contribution in [0.4, 0.5) is 5.69 Å². The third-order valence-corrected chi connectivity index (χ3v) is 3.46. The molecule has 1 N–H and O–H groups in total. The van der Waals surface area contributed by atoms with Crippen LogP contribution >= 0.6 is 0 Å². The van der Waals surface area contributed by atoms with E-state index in [1.165, 1.54) is 32.5 Å². The first kappa shape index (κ1) is 12.9. The van der Waals surface area contributed by atoms with Crippen molar-refractivity contribution in [2.75, 3.05) is 31.5 Å². The molecule has 1 aliphatic heterocycles. The highest BCUT2D eigenvalue weighted by atomic mass is 15.1. The van der Waals surface area contributed by atoms with Gasteiger partial charge in [0.1, 0.15) is 6.07 Å². The van der Waals surface area contributed by atoms with Crippen LogP contribution in [0.2, 0.25) is 0 Å². The average Bonchev–Trinajstić information content (AvgIpc) is 2.89. The molecule has 0 aliphatic carbocycles. The lowest BCUT2D eigenvalue weighted by atomic mass is 10.1. The minimum Gasteiger partial charge on any atom is -0.384 e. The lowest BCUT2D eigenvalue weighted by Gasteiger charge is -2.15. The van der Waals surface area contributed by atoms with Gasteiger partial charge in [-0.1, -0.05) is 6.07 Å². The van der Waals surface area contributed by atoms with Crippen LogP contribution < -0.4 is 5.32 Å². The summed E-state index contributed by atoms with van der Waals surface area (Å²) in [5, 5.41) is 12.4. The van der Waals surface area contributed by atoms with Gasteiger partial charge < -0.3 is 10.2 Å². The molecule has 0 amide bonds. The molecule has 0 radical (unpaired) electrons. The Morgan fingerprint density at radius 2 is 2.11 bits per heavy atom. The van der Waals surface area contributed by atoms with Gasteiger partial charge in [0.2, 0.25) is 0 Å². The lowest BCUT2D eigenvalue weighted by molar-refractivity contribution is 0.337. The molecule has 0 atom stereocenters. The van der Waals surface area contributed by atoms with Crippen molar-refractivity contribution in [2.24, 2.45) is 0 Å². The predicted octanol–water partition coefficient (Wildman–Crippen LogP) is 2.76. The third-order valence-electron chi connectivity index (χ3n) is 3.46. The second kappa shape index (κ2) is 6.42. The summed E-state index contributed by atoms with van der Waals surface area (Å²) in [4.78, 5) is 2.52. The smallest absolute Gasteiger partial charge is 0.101 e. The summed E-state index contributed by atoms with van der Waals surface area (Å²) in [6.07, 6.45) is 3.84. The van der Waals surface area contributed by atoms with E-state index in [-0.39, 0.29) is 0 Å². The maximum atomic E-state index is 9.07. The van der Waals surface area contributed by atoms with E-state index in [9.17, 15) is 0 Å². The molecule has 1 heterocycles. The number of rotatable bonds is 5. The maximum Gasteiger partial charge on any atom is 0.101 e. The highest BCUT2D eigenvalue weighted by molar-refractivity contribution is 5.58. The quantitative estimate of drug-likeness (QED) is 0.808.